The smallest absolute Gasteiger partial charge is 0.303 e. The third-order valence-electron chi connectivity index (χ3n) is 3.31. The Balaban J connectivity index is 2.24. The lowest BCUT2D eigenvalue weighted by Gasteiger charge is -2.35. The van der Waals surface area contributed by atoms with E-state index in [1.165, 1.54) is 12.8 Å². The topological polar surface area (TPSA) is 49.8 Å². The van der Waals surface area contributed by atoms with E-state index in [0.717, 1.165) is 45.6 Å². The minimum atomic E-state index is -0.683. The Morgan fingerprint density at radius 2 is 2.24 bits per heavy atom. The monoisotopic (exact) mass is 243 g/mol. The standard InChI is InChI=1S/C13H25NO3/c1-2-10-17-11-9-14-8-4-3-5-12(14)6-7-13(15)16/h12H,2-11H2,1H3,(H,15,16). The number of likely N-dealkylation sites (tertiary alicyclic amines) is 1. The maximum atomic E-state index is 10.6. The fourth-order valence-corrected chi connectivity index (χ4v) is 2.40. The molecule has 1 atom stereocenters. The first-order chi connectivity index (χ1) is 8.24. The van der Waals surface area contributed by atoms with Crippen molar-refractivity contribution < 1.29 is 14.6 Å². The van der Waals surface area contributed by atoms with Gasteiger partial charge in [0.15, 0.2) is 0 Å². The number of ether oxygens (including phenoxy) is 1. The molecule has 1 fully saturated rings. The number of carboxylic acids is 1. The van der Waals surface area contributed by atoms with Gasteiger partial charge in [0.2, 0.25) is 0 Å². The molecule has 0 saturated carbocycles. The summed E-state index contributed by atoms with van der Waals surface area (Å²) in [5, 5.41) is 8.73. The molecule has 0 aromatic rings. The zero-order chi connectivity index (χ0) is 12.5. The van der Waals surface area contributed by atoms with Crippen molar-refractivity contribution in [3.63, 3.8) is 0 Å². The van der Waals surface area contributed by atoms with Crippen LogP contribution in [0.2, 0.25) is 0 Å². The summed E-state index contributed by atoms with van der Waals surface area (Å²) < 4.78 is 5.50. The zero-order valence-electron chi connectivity index (χ0n) is 10.9. The zero-order valence-corrected chi connectivity index (χ0v) is 10.9. The van der Waals surface area contributed by atoms with Crippen molar-refractivity contribution in [1.82, 2.24) is 4.90 Å². The van der Waals surface area contributed by atoms with E-state index >= 15 is 0 Å². The Hall–Kier alpha value is -0.610. The number of piperidine rings is 1. The molecule has 0 aliphatic carbocycles. The summed E-state index contributed by atoms with van der Waals surface area (Å²) in [4.78, 5) is 13.0. The van der Waals surface area contributed by atoms with Crippen molar-refractivity contribution >= 4 is 5.97 Å². The lowest BCUT2D eigenvalue weighted by atomic mass is 9.98. The average Bonchev–Trinajstić information content (AvgIpc) is 2.33. The quantitative estimate of drug-likeness (QED) is 0.663. The van der Waals surface area contributed by atoms with Crippen molar-refractivity contribution in [2.75, 3.05) is 26.3 Å². The van der Waals surface area contributed by atoms with Gasteiger partial charge >= 0.3 is 5.97 Å². The Bertz CT molecular complexity index is 221. The fourth-order valence-electron chi connectivity index (χ4n) is 2.40. The van der Waals surface area contributed by atoms with Crippen LogP contribution in [-0.4, -0.2) is 48.3 Å². The Morgan fingerprint density at radius 3 is 2.94 bits per heavy atom. The molecule has 100 valence electrons. The predicted molar refractivity (Wildman–Crippen MR) is 67.2 cm³/mol. The van der Waals surface area contributed by atoms with Crippen molar-refractivity contribution in [1.29, 1.82) is 0 Å². The highest BCUT2D eigenvalue weighted by Crippen LogP contribution is 2.20. The molecular formula is C13H25NO3. The van der Waals surface area contributed by atoms with Gasteiger partial charge in [-0.25, -0.2) is 0 Å². The maximum absolute atomic E-state index is 10.6. The SMILES string of the molecule is CCCOCCN1CCCCC1CCC(=O)O. The summed E-state index contributed by atoms with van der Waals surface area (Å²) in [5.41, 5.74) is 0. The Labute approximate surface area is 104 Å². The Kier molecular flexibility index (Phi) is 7.21. The van der Waals surface area contributed by atoms with Gasteiger partial charge in [-0.15, -0.1) is 0 Å². The molecule has 0 amide bonds. The molecule has 1 aliphatic rings. The lowest BCUT2D eigenvalue weighted by molar-refractivity contribution is -0.137. The molecule has 4 nitrogen and oxygen atoms in total. The number of hydrogen-bond acceptors (Lipinski definition) is 3. The van der Waals surface area contributed by atoms with Crippen LogP contribution in [0.3, 0.4) is 0 Å². The van der Waals surface area contributed by atoms with Gasteiger partial charge in [-0.1, -0.05) is 13.3 Å². The third-order valence-corrected chi connectivity index (χ3v) is 3.31. The van der Waals surface area contributed by atoms with Gasteiger partial charge in [0.1, 0.15) is 0 Å². The van der Waals surface area contributed by atoms with E-state index in [4.69, 9.17) is 9.84 Å². The molecule has 1 heterocycles. The van der Waals surface area contributed by atoms with Crippen molar-refractivity contribution in [2.45, 2.75) is 51.5 Å². The minimum Gasteiger partial charge on any atom is -0.481 e. The van der Waals surface area contributed by atoms with Crippen LogP contribution in [-0.2, 0) is 9.53 Å². The number of carboxylic acid groups (broad SMARTS) is 1. The molecule has 1 N–H and O–H groups in total. The third kappa shape index (κ3) is 6.03. The van der Waals surface area contributed by atoms with Gasteiger partial charge in [0, 0.05) is 25.6 Å². The van der Waals surface area contributed by atoms with Crippen molar-refractivity contribution in [3.8, 4) is 0 Å². The van der Waals surface area contributed by atoms with E-state index in [9.17, 15) is 4.79 Å². The van der Waals surface area contributed by atoms with Gasteiger partial charge in [0.25, 0.3) is 0 Å². The highest BCUT2D eigenvalue weighted by Gasteiger charge is 2.22. The van der Waals surface area contributed by atoms with E-state index < -0.39 is 5.97 Å². The fraction of sp³-hybridized carbons (Fsp3) is 0.923. The van der Waals surface area contributed by atoms with Crippen LogP contribution in [0.4, 0.5) is 0 Å². The number of carbonyl (C=O) groups is 1. The van der Waals surface area contributed by atoms with Crippen LogP contribution in [0.15, 0.2) is 0 Å². The molecule has 0 radical (unpaired) electrons. The van der Waals surface area contributed by atoms with E-state index in [2.05, 4.69) is 11.8 Å². The van der Waals surface area contributed by atoms with Crippen LogP contribution >= 0.6 is 0 Å². The molecule has 17 heavy (non-hydrogen) atoms. The minimum absolute atomic E-state index is 0.289. The number of aliphatic carboxylic acids is 1. The van der Waals surface area contributed by atoms with Gasteiger partial charge in [0.05, 0.1) is 6.61 Å². The first-order valence-corrected chi connectivity index (χ1v) is 6.77. The van der Waals surface area contributed by atoms with E-state index in [-0.39, 0.29) is 6.42 Å². The number of rotatable bonds is 8. The highest BCUT2D eigenvalue weighted by atomic mass is 16.5. The summed E-state index contributed by atoms with van der Waals surface area (Å²) in [5.74, 6) is -0.683. The molecule has 1 aliphatic heterocycles. The largest absolute Gasteiger partial charge is 0.481 e. The number of hydrogen-bond donors (Lipinski definition) is 1. The first kappa shape index (κ1) is 14.5. The molecular weight excluding hydrogens is 218 g/mol. The van der Waals surface area contributed by atoms with Crippen molar-refractivity contribution in [2.24, 2.45) is 0 Å². The summed E-state index contributed by atoms with van der Waals surface area (Å²) in [7, 11) is 0. The van der Waals surface area contributed by atoms with E-state index in [0.29, 0.717) is 6.04 Å². The second-order valence-corrected chi connectivity index (χ2v) is 4.73. The van der Waals surface area contributed by atoms with Crippen LogP contribution in [0, 0.1) is 0 Å². The first-order valence-electron chi connectivity index (χ1n) is 6.77. The van der Waals surface area contributed by atoms with Crippen LogP contribution in [0.5, 0.6) is 0 Å². The molecule has 0 aromatic carbocycles. The average molecular weight is 243 g/mol. The van der Waals surface area contributed by atoms with Crippen LogP contribution in [0.25, 0.3) is 0 Å². The summed E-state index contributed by atoms with van der Waals surface area (Å²) in [6.45, 7) is 5.76. The molecule has 1 saturated heterocycles. The summed E-state index contributed by atoms with van der Waals surface area (Å²) in [6.07, 6.45) is 5.73. The molecule has 4 heteroatoms. The van der Waals surface area contributed by atoms with Crippen molar-refractivity contribution in [3.05, 3.63) is 0 Å². The van der Waals surface area contributed by atoms with E-state index in [1.54, 1.807) is 0 Å². The van der Waals surface area contributed by atoms with Gasteiger partial charge in [-0.3, -0.25) is 9.69 Å². The highest BCUT2D eigenvalue weighted by molar-refractivity contribution is 5.66. The summed E-state index contributed by atoms with van der Waals surface area (Å²) >= 11 is 0. The molecule has 1 rings (SSSR count). The maximum Gasteiger partial charge on any atom is 0.303 e. The van der Waals surface area contributed by atoms with Crippen LogP contribution < -0.4 is 0 Å². The molecule has 1 unspecified atom stereocenters. The second-order valence-electron chi connectivity index (χ2n) is 4.73. The van der Waals surface area contributed by atoms with Crippen LogP contribution in [0.1, 0.15) is 45.4 Å². The van der Waals surface area contributed by atoms with Gasteiger partial charge in [-0.05, 0) is 32.2 Å². The van der Waals surface area contributed by atoms with Gasteiger partial charge in [-0.2, -0.15) is 0 Å². The molecule has 0 bridgehead atoms. The second kappa shape index (κ2) is 8.48. The van der Waals surface area contributed by atoms with E-state index in [1.807, 2.05) is 0 Å². The van der Waals surface area contributed by atoms with Gasteiger partial charge < -0.3 is 9.84 Å². The number of nitrogens with zero attached hydrogens (tertiary/aromatic N) is 1. The summed E-state index contributed by atoms with van der Waals surface area (Å²) in [6, 6.07) is 0.449. The normalized spacial score (nSPS) is 21.6. The molecule has 0 spiro atoms. The molecule has 0 aromatic heterocycles. The Morgan fingerprint density at radius 1 is 1.41 bits per heavy atom. The lowest BCUT2D eigenvalue weighted by Crippen LogP contribution is -2.41. The predicted octanol–water partition coefficient (Wildman–Crippen LogP) is 2.13.